The molecule has 118 valence electrons. The number of hydrogen-bond acceptors (Lipinski definition) is 3. The molecule has 2 fully saturated rings. The summed E-state index contributed by atoms with van der Waals surface area (Å²) in [5.41, 5.74) is 7.01. The molecule has 0 atom stereocenters. The van der Waals surface area contributed by atoms with Gasteiger partial charge in [-0.1, -0.05) is 12.8 Å². The molecule has 6 heteroatoms. The first-order valence-corrected chi connectivity index (χ1v) is 7.82. The molecule has 0 radical (unpaired) electrons. The van der Waals surface area contributed by atoms with Crippen LogP contribution in [0, 0.1) is 0 Å². The van der Waals surface area contributed by atoms with E-state index < -0.39 is 0 Å². The molecule has 1 heterocycles. The molecule has 4 N–H and O–H groups in total. The van der Waals surface area contributed by atoms with Gasteiger partial charge in [0.2, 0.25) is 0 Å². The molecule has 22 heavy (non-hydrogen) atoms. The molecule has 0 unspecified atom stereocenters. The van der Waals surface area contributed by atoms with Gasteiger partial charge in [-0.2, -0.15) is 0 Å². The zero-order chi connectivity index (χ0) is 15.6. The van der Waals surface area contributed by atoms with Gasteiger partial charge < -0.3 is 16.4 Å². The van der Waals surface area contributed by atoms with Crippen LogP contribution in [0.1, 0.15) is 36.0 Å². The van der Waals surface area contributed by atoms with Crippen molar-refractivity contribution in [3.63, 3.8) is 0 Å². The molecule has 6 nitrogen and oxygen atoms in total. The first-order valence-electron chi connectivity index (χ1n) is 7.82. The monoisotopic (exact) mass is 302 g/mol. The largest absolute Gasteiger partial charge is 0.345 e. The Kier molecular flexibility index (Phi) is 4.02. The van der Waals surface area contributed by atoms with Crippen LogP contribution in [0.25, 0.3) is 0 Å². The predicted molar refractivity (Wildman–Crippen MR) is 84.9 cm³/mol. The number of nitrogens with one attached hydrogen (secondary N) is 2. The number of nitrogens with zero attached hydrogens (tertiary/aromatic N) is 1. The summed E-state index contributed by atoms with van der Waals surface area (Å²) in [5.74, 6) is -0.0928. The van der Waals surface area contributed by atoms with E-state index in [1.54, 1.807) is 17.0 Å². The summed E-state index contributed by atoms with van der Waals surface area (Å²) in [6, 6.07) is 7.04. The summed E-state index contributed by atoms with van der Waals surface area (Å²) >= 11 is 0. The van der Waals surface area contributed by atoms with Crippen LogP contribution in [-0.2, 0) is 0 Å². The Balaban J connectivity index is 1.69. The summed E-state index contributed by atoms with van der Waals surface area (Å²) < 4.78 is 0. The number of amides is 3. The first kappa shape index (κ1) is 14.8. The van der Waals surface area contributed by atoms with E-state index in [9.17, 15) is 9.59 Å². The fourth-order valence-electron chi connectivity index (χ4n) is 3.26. The van der Waals surface area contributed by atoms with Crippen molar-refractivity contribution in [1.82, 2.24) is 10.6 Å². The smallest absolute Gasteiger partial charge is 0.321 e. The summed E-state index contributed by atoms with van der Waals surface area (Å²) in [6.45, 7) is 1.78. The highest BCUT2D eigenvalue weighted by atomic mass is 16.2. The number of rotatable bonds is 4. The van der Waals surface area contributed by atoms with Crippen molar-refractivity contribution in [2.45, 2.75) is 31.2 Å². The minimum atomic E-state index is -0.245. The highest BCUT2D eigenvalue weighted by molar-refractivity contribution is 5.97. The third-order valence-electron chi connectivity index (χ3n) is 4.63. The van der Waals surface area contributed by atoms with E-state index >= 15 is 0 Å². The molecule has 1 saturated carbocycles. The Morgan fingerprint density at radius 2 is 1.95 bits per heavy atom. The average Bonchev–Trinajstić information content (AvgIpc) is 3.17. The van der Waals surface area contributed by atoms with E-state index in [1.807, 2.05) is 12.1 Å². The molecule has 1 aromatic carbocycles. The molecular weight excluding hydrogens is 280 g/mol. The van der Waals surface area contributed by atoms with Gasteiger partial charge in [0, 0.05) is 30.9 Å². The number of benzene rings is 1. The van der Waals surface area contributed by atoms with Gasteiger partial charge in [0.05, 0.1) is 5.54 Å². The summed E-state index contributed by atoms with van der Waals surface area (Å²) in [7, 11) is 0. The van der Waals surface area contributed by atoms with Crippen LogP contribution in [0.3, 0.4) is 0 Å². The van der Waals surface area contributed by atoms with Crippen molar-refractivity contribution >= 4 is 17.6 Å². The van der Waals surface area contributed by atoms with Gasteiger partial charge in [0.25, 0.3) is 5.91 Å². The number of urea groups is 1. The maximum atomic E-state index is 12.4. The van der Waals surface area contributed by atoms with Crippen molar-refractivity contribution in [1.29, 1.82) is 0 Å². The lowest BCUT2D eigenvalue weighted by Crippen LogP contribution is -2.51. The molecule has 0 aromatic heterocycles. The first-order chi connectivity index (χ1) is 10.6. The second-order valence-corrected chi connectivity index (χ2v) is 6.08. The number of carbonyl (C=O) groups excluding carboxylic acids is 2. The SMILES string of the molecule is NCC1(NC(=O)c2ccc(N3CCNC3=O)cc2)CCCC1. The number of nitrogens with two attached hydrogens (primary N) is 1. The van der Waals surface area contributed by atoms with E-state index in [1.165, 1.54) is 0 Å². The van der Waals surface area contributed by atoms with Gasteiger partial charge in [-0.05, 0) is 37.1 Å². The van der Waals surface area contributed by atoms with Crippen molar-refractivity contribution in [2.75, 3.05) is 24.5 Å². The van der Waals surface area contributed by atoms with Gasteiger partial charge in [-0.25, -0.2) is 4.79 Å². The number of hydrogen-bond donors (Lipinski definition) is 3. The third-order valence-corrected chi connectivity index (χ3v) is 4.63. The van der Waals surface area contributed by atoms with E-state index in [0.29, 0.717) is 25.2 Å². The molecule has 1 aliphatic carbocycles. The van der Waals surface area contributed by atoms with Gasteiger partial charge in [-0.3, -0.25) is 9.69 Å². The second-order valence-electron chi connectivity index (χ2n) is 6.08. The third kappa shape index (κ3) is 2.78. The van der Waals surface area contributed by atoms with Gasteiger partial charge in [0.15, 0.2) is 0 Å². The van der Waals surface area contributed by atoms with E-state index in [4.69, 9.17) is 5.73 Å². The second kappa shape index (κ2) is 5.96. The number of carbonyl (C=O) groups is 2. The quantitative estimate of drug-likeness (QED) is 0.781. The summed E-state index contributed by atoms with van der Waals surface area (Å²) in [4.78, 5) is 25.7. The highest BCUT2D eigenvalue weighted by Gasteiger charge is 2.34. The van der Waals surface area contributed by atoms with Gasteiger partial charge in [0.1, 0.15) is 0 Å². The normalized spacial score (nSPS) is 20.0. The molecule has 2 aliphatic rings. The molecule has 0 spiro atoms. The topological polar surface area (TPSA) is 87.5 Å². The average molecular weight is 302 g/mol. The molecule has 1 aliphatic heterocycles. The van der Waals surface area contributed by atoms with E-state index in [2.05, 4.69) is 10.6 Å². The van der Waals surface area contributed by atoms with Crippen molar-refractivity contribution < 1.29 is 9.59 Å². The van der Waals surface area contributed by atoms with Crippen LogP contribution in [0.4, 0.5) is 10.5 Å². The predicted octanol–water partition coefficient (Wildman–Crippen LogP) is 1.22. The fraction of sp³-hybridized carbons (Fsp3) is 0.500. The zero-order valence-corrected chi connectivity index (χ0v) is 12.6. The van der Waals surface area contributed by atoms with Crippen molar-refractivity contribution in [2.24, 2.45) is 5.73 Å². The van der Waals surface area contributed by atoms with Crippen molar-refractivity contribution in [3.05, 3.63) is 29.8 Å². The Hall–Kier alpha value is -2.08. The maximum Gasteiger partial charge on any atom is 0.321 e. The molecule has 3 amide bonds. The van der Waals surface area contributed by atoms with E-state index in [-0.39, 0.29) is 17.5 Å². The van der Waals surface area contributed by atoms with Crippen LogP contribution < -0.4 is 21.3 Å². The molecule has 1 aromatic rings. The molecular formula is C16H22N4O2. The van der Waals surface area contributed by atoms with Crippen molar-refractivity contribution in [3.8, 4) is 0 Å². The van der Waals surface area contributed by atoms with Gasteiger partial charge in [-0.15, -0.1) is 0 Å². The molecule has 3 rings (SSSR count). The lowest BCUT2D eigenvalue weighted by molar-refractivity contribution is 0.0903. The van der Waals surface area contributed by atoms with Crippen LogP contribution >= 0.6 is 0 Å². The van der Waals surface area contributed by atoms with E-state index in [0.717, 1.165) is 31.4 Å². The van der Waals surface area contributed by atoms with Crippen LogP contribution in [0.15, 0.2) is 24.3 Å². The standard InChI is InChI=1S/C16H22N4O2/c17-11-16(7-1-2-8-16)19-14(21)12-3-5-13(6-4-12)20-10-9-18-15(20)22/h3-6H,1-2,7-11,17H2,(H,18,22)(H,19,21). The Bertz CT molecular complexity index is 564. The van der Waals surface area contributed by atoms with Crippen LogP contribution in [-0.4, -0.2) is 37.1 Å². The minimum Gasteiger partial charge on any atom is -0.345 e. The van der Waals surface area contributed by atoms with Crippen LogP contribution in [0.5, 0.6) is 0 Å². The lowest BCUT2D eigenvalue weighted by Gasteiger charge is -2.28. The van der Waals surface area contributed by atoms with Gasteiger partial charge >= 0.3 is 6.03 Å². The Morgan fingerprint density at radius 1 is 1.27 bits per heavy atom. The minimum absolute atomic E-state index is 0.0924. The molecule has 1 saturated heterocycles. The number of anilines is 1. The fourth-order valence-corrected chi connectivity index (χ4v) is 3.26. The highest BCUT2D eigenvalue weighted by Crippen LogP contribution is 2.29. The molecule has 0 bridgehead atoms. The summed E-state index contributed by atoms with van der Waals surface area (Å²) in [6.07, 6.45) is 4.11. The maximum absolute atomic E-state index is 12.4. The Labute approximate surface area is 130 Å². The summed E-state index contributed by atoms with van der Waals surface area (Å²) in [5, 5.41) is 5.86. The lowest BCUT2D eigenvalue weighted by atomic mass is 9.97. The zero-order valence-electron chi connectivity index (χ0n) is 12.6. The Morgan fingerprint density at radius 3 is 2.50 bits per heavy atom. The van der Waals surface area contributed by atoms with Crippen LogP contribution in [0.2, 0.25) is 0 Å².